The second-order valence-corrected chi connectivity index (χ2v) is 7.49. The summed E-state index contributed by atoms with van der Waals surface area (Å²) in [6.45, 7) is 1.83. The summed E-state index contributed by atoms with van der Waals surface area (Å²) in [4.78, 5) is 24.5. The lowest BCUT2D eigenvalue weighted by Gasteiger charge is -2.18. The summed E-state index contributed by atoms with van der Waals surface area (Å²) in [5, 5.41) is 20.1. The Morgan fingerprint density at radius 2 is 1.94 bits per heavy atom. The number of aliphatic carboxylic acids is 1. The van der Waals surface area contributed by atoms with E-state index < -0.39 is 23.7 Å². The molecule has 0 saturated heterocycles. The molecule has 9 nitrogen and oxygen atoms in total. The summed E-state index contributed by atoms with van der Waals surface area (Å²) in [5.74, 6) is -2.16. The van der Waals surface area contributed by atoms with Crippen molar-refractivity contribution >= 4 is 11.9 Å². The summed E-state index contributed by atoms with van der Waals surface area (Å²) in [6, 6.07) is 15.3. The summed E-state index contributed by atoms with van der Waals surface area (Å²) < 4.78 is 26.2. The van der Waals surface area contributed by atoms with E-state index in [9.17, 15) is 19.1 Å². The molecule has 0 saturated carbocycles. The Bertz CT molecular complexity index is 1300. The first-order valence-corrected chi connectivity index (χ1v) is 10.4. The Kier molecular flexibility index (Phi) is 6.67. The number of carboxylic acid groups (broad SMARTS) is 1. The van der Waals surface area contributed by atoms with Gasteiger partial charge in [-0.1, -0.05) is 41.6 Å². The molecule has 0 bridgehead atoms. The first kappa shape index (κ1) is 22.7. The molecule has 0 aliphatic carbocycles. The summed E-state index contributed by atoms with van der Waals surface area (Å²) >= 11 is 0. The lowest BCUT2D eigenvalue weighted by molar-refractivity contribution is -0.137. The number of aryl methyl sites for hydroxylation is 1. The van der Waals surface area contributed by atoms with E-state index in [1.807, 2.05) is 19.1 Å². The van der Waals surface area contributed by atoms with Gasteiger partial charge in [0.1, 0.15) is 30.1 Å². The van der Waals surface area contributed by atoms with Crippen LogP contribution in [0, 0.1) is 12.7 Å². The Hall–Kier alpha value is -4.47. The van der Waals surface area contributed by atoms with E-state index in [-0.39, 0.29) is 30.3 Å². The number of carboxylic acids is 1. The highest BCUT2D eigenvalue weighted by Crippen LogP contribution is 2.25. The molecule has 0 unspecified atom stereocenters. The van der Waals surface area contributed by atoms with Gasteiger partial charge in [0.15, 0.2) is 5.69 Å². The van der Waals surface area contributed by atoms with Crippen molar-refractivity contribution in [3.05, 3.63) is 95.3 Å². The van der Waals surface area contributed by atoms with E-state index in [0.717, 1.165) is 5.56 Å². The molecule has 4 rings (SSSR count). The fraction of sp³-hybridized carbons (Fsp3) is 0.167. The van der Waals surface area contributed by atoms with Crippen molar-refractivity contribution in [1.82, 2.24) is 20.3 Å². The lowest BCUT2D eigenvalue weighted by atomic mass is 9.98. The highest BCUT2D eigenvalue weighted by atomic mass is 19.1. The van der Waals surface area contributed by atoms with E-state index in [1.54, 1.807) is 24.3 Å². The molecular weight excluding hydrogens is 443 g/mol. The number of carbonyl (C=O) groups excluding carboxylic acids is 1. The van der Waals surface area contributed by atoms with Crippen molar-refractivity contribution < 1.29 is 28.3 Å². The van der Waals surface area contributed by atoms with Gasteiger partial charge in [-0.15, -0.1) is 0 Å². The topological polar surface area (TPSA) is 119 Å². The molecule has 1 amide bonds. The minimum absolute atomic E-state index is 0.00253. The number of rotatable bonds is 9. The Balaban J connectivity index is 1.65. The number of hydrogen-bond acceptors (Lipinski definition) is 6. The zero-order valence-corrected chi connectivity index (χ0v) is 18.1. The van der Waals surface area contributed by atoms with Crippen LogP contribution in [0.3, 0.4) is 0 Å². The molecule has 174 valence electrons. The number of nitrogens with zero attached hydrogens (tertiary/aromatic N) is 3. The Labute approximate surface area is 193 Å². The molecule has 2 aromatic heterocycles. The monoisotopic (exact) mass is 464 g/mol. The molecule has 2 N–H and O–H groups in total. The number of nitrogens with one attached hydrogen (secondary N) is 1. The highest BCUT2D eigenvalue weighted by molar-refractivity contribution is 5.93. The molecule has 4 aromatic rings. The molecule has 1 atom stereocenters. The van der Waals surface area contributed by atoms with Gasteiger partial charge in [-0.3, -0.25) is 9.59 Å². The van der Waals surface area contributed by atoms with Gasteiger partial charge in [-0.05, 0) is 30.2 Å². The second-order valence-electron chi connectivity index (χ2n) is 7.49. The van der Waals surface area contributed by atoms with Gasteiger partial charge in [0.25, 0.3) is 5.91 Å². The molecule has 0 spiro atoms. The zero-order chi connectivity index (χ0) is 24.1. The second kappa shape index (κ2) is 9.99. The maximum absolute atomic E-state index is 14.5. The van der Waals surface area contributed by atoms with Gasteiger partial charge >= 0.3 is 5.97 Å². The van der Waals surface area contributed by atoms with E-state index >= 15 is 0 Å². The fourth-order valence-electron chi connectivity index (χ4n) is 3.46. The third-order valence-electron chi connectivity index (χ3n) is 5.10. The van der Waals surface area contributed by atoms with Crippen LogP contribution in [0.1, 0.15) is 39.8 Å². The predicted molar refractivity (Wildman–Crippen MR) is 118 cm³/mol. The summed E-state index contributed by atoms with van der Waals surface area (Å²) in [6.07, 6.45) is 1.07. The third-order valence-corrected chi connectivity index (χ3v) is 5.10. The van der Waals surface area contributed by atoms with E-state index in [2.05, 4.69) is 15.6 Å². The predicted octanol–water partition coefficient (Wildman–Crippen LogP) is 3.83. The smallest absolute Gasteiger partial charge is 0.305 e. The van der Waals surface area contributed by atoms with E-state index in [1.165, 1.54) is 35.2 Å². The van der Waals surface area contributed by atoms with Gasteiger partial charge < -0.3 is 19.7 Å². The van der Waals surface area contributed by atoms with Crippen molar-refractivity contribution in [3.8, 4) is 11.6 Å². The van der Waals surface area contributed by atoms with Gasteiger partial charge in [-0.25, -0.2) is 4.39 Å². The summed E-state index contributed by atoms with van der Waals surface area (Å²) in [5.41, 5.74) is 2.02. The standard InChI is InChI=1S/C24H21FN4O5/c1-15-6-2-3-7-17(15)19(13-23(30)31)26-24(32)20-12-22(33-14-16-10-11-34-28-16)29(27-20)21-9-5-4-8-18(21)25/h2-12,19H,13-14H2,1H3,(H,26,32)(H,30,31)/t19-/m0/s1. The van der Waals surface area contributed by atoms with Crippen LogP contribution in [0.5, 0.6) is 5.88 Å². The van der Waals surface area contributed by atoms with E-state index in [0.29, 0.717) is 11.3 Å². The molecule has 0 fully saturated rings. The van der Waals surface area contributed by atoms with E-state index in [4.69, 9.17) is 9.26 Å². The minimum Gasteiger partial charge on any atom is -0.481 e. The zero-order valence-electron chi connectivity index (χ0n) is 18.1. The number of para-hydroxylation sites is 1. The van der Waals surface area contributed by atoms with Crippen molar-refractivity contribution in [2.24, 2.45) is 0 Å². The molecule has 0 radical (unpaired) electrons. The lowest BCUT2D eigenvalue weighted by Crippen LogP contribution is -2.31. The molecule has 2 aromatic carbocycles. The van der Waals surface area contributed by atoms with Crippen LogP contribution in [0.4, 0.5) is 4.39 Å². The largest absolute Gasteiger partial charge is 0.481 e. The van der Waals surface area contributed by atoms with Crippen molar-refractivity contribution in [2.75, 3.05) is 0 Å². The molecule has 0 aliphatic heterocycles. The average Bonchev–Trinajstić information content (AvgIpc) is 3.48. The first-order chi connectivity index (χ1) is 16.4. The van der Waals surface area contributed by atoms with Gasteiger partial charge in [0.05, 0.1) is 12.5 Å². The van der Waals surface area contributed by atoms with Gasteiger partial charge in [0, 0.05) is 12.1 Å². The SMILES string of the molecule is Cc1ccccc1[C@H](CC(=O)O)NC(=O)c1cc(OCc2ccon2)n(-c2ccccc2F)n1. The molecular formula is C24H21FN4O5. The number of aromatic nitrogens is 3. The molecule has 2 heterocycles. The fourth-order valence-corrected chi connectivity index (χ4v) is 3.46. The van der Waals surface area contributed by atoms with Crippen LogP contribution < -0.4 is 10.1 Å². The van der Waals surface area contributed by atoms with Crippen molar-refractivity contribution in [1.29, 1.82) is 0 Å². The van der Waals surface area contributed by atoms with Crippen molar-refractivity contribution in [2.45, 2.75) is 26.0 Å². The number of hydrogen-bond donors (Lipinski definition) is 2. The molecule has 34 heavy (non-hydrogen) atoms. The number of carbonyl (C=O) groups is 2. The number of halogens is 1. The maximum Gasteiger partial charge on any atom is 0.305 e. The highest BCUT2D eigenvalue weighted by Gasteiger charge is 2.24. The molecule has 10 heteroatoms. The maximum atomic E-state index is 14.5. The van der Waals surface area contributed by atoms with Crippen LogP contribution in [-0.2, 0) is 11.4 Å². The number of amides is 1. The number of ether oxygens (including phenoxy) is 1. The van der Waals surface area contributed by atoms with Crippen LogP contribution in [0.25, 0.3) is 5.69 Å². The van der Waals surface area contributed by atoms with Gasteiger partial charge in [-0.2, -0.15) is 9.78 Å². The third kappa shape index (κ3) is 5.12. The average molecular weight is 464 g/mol. The van der Waals surface area contributed by atoms with Crippen molar-refractivity contribution in [3.63, 3.8) is 0 Å². The van der Waals surface area contributed by atoms with Crippen LogP contribution >= 0.6 is 0 Å². The van der Waals surface area contributed by atoms with Crippen LogP contribution in [0.2, 0.25) is 0 Å². The van der Waals surface area contributed by atoms with Gasteiger partial charge in [0.2, 0.25) is 5.88 Å². The van der Waals surface area contributed by atoms with Crippen LogP contribution in [-0.4, -0.2) is 31.9 Å². The quantitative estimate of drug-likeness (QED) is 0.386. The Morgan fingerprint density at radius 1 is 1.18 bits per heavy atom. The summed E-state index contributed by atoms with van der Waals surface area (Å²) in [7, 11) is 0. The minimum atomic E-state index is -1.07. The molecule has 0 aliphatic rings. The normalized spacial score (nSPS) is 11.7. The number of benzene rings is 2. The first-order valence-electron chi connectivity index (χ1n) is 10.4. The van der Waals surface area contributed by atoms with Crippen LogP contribution in [0.15, 0.2) is 71.4 Å². The Morgan fingerprint density at radius 3 is 2.65 bits per heavy atom.